The topological polar surface area (TPSA) is 30.9 Å². The van der Waals surface area contributed by atoms with Gasteiger partial charge in [0.05, 0.1) is 5.56 Å². The van der Waals surface area contributed by atoms with Gasteiger partial charge >= 0.3 is 6.18 Å². The van der Waals surface area contributed by atoms with Gasteiger partial charge in [0.1, 0.15) is 6.54 Å². The molecule has 0 aliphatic carbocycles. The molecule has 2 rings (SSSR count). The lowest BCUT2D eigenvalue weighted by Crippen LogP contribution is -2.52. The van der Waals surface area contributed by atoms with Crippen LogP contribution in [0.2, 0.25) is 0 Å². The maximum Gasteiger partial charge on any atom is 0.416 e. The lowest BCUT2D eigenvalue weighted by atomic mass is 10.1. The first-order valence-electron chi connectivity index (χ1n) is 7.84. The van der Waals surface area contributed by atoms with Crippen molar-refractivity contribution in [3.8, 4) is 12.3 Å². The molecule has 0 bridgehead atoms. The Kier molecular flexibility index (Phi) is 5.96. The molecule has 130 valence electrons. The molecule has 0 unspecified atom stereocenters. The van der Waals surface area contributed by atoms with Crippen LogP contribution in [0.3, 0.4) is 0 Å². The van der Waals surface area contributed by atoms with Gasteiger partial charge in [0.2, 0.25) is 0 Å². The van der Waals surface area contributed by atoms with Crippen LogP contribution in [0, 0.1) is 12.3 Å². The fraction of sp³-hybridized carbons (Fsp3) is 0.471. The minimum absolute atomic E-state index is 0.302. The molecule has 1 aliphatic heterocycles. The van der Waals surface area contributed by atoms with Crippen molar-refractivity contribution >= 4 is 11.6 Å². The Morgan fingerprint density at radius 3 is 2.58 bits per heavy atom. The number of alkyl halides is 3. The number of hydrogen-bond donors (Lipinski definition) is 1. The highest BCUT2D eigenvalue weighted by molar-refractivity contribution is 5.80. The number of nitrogens with zero attached hydrogens (tertiary/aromatic N) is 3. The Morgan fingerprint density at radius 1 is 1.29 bits per heavy atom. The Hall–Kier alpha value is -2.36. The number of rotatable bonds is 3. The minimum atomic E-state index is -4.32. The predicted molar refractivity (Wildman–Crippen MR) is 90.0 cm³/mol. The minimum Gasteiger partial charge on any atom is -0.368 e. The number of guanidine groups is 1. The standard InChI is InChI=1S/C17H21F3N4/c1-3-8-22-16(21-4-2)24-11-9-23(10-12-24)15-7-5-6-14(13-15)17(18,19)20/h1,5-7,13H,4,8-12H2,2H3,(H,21,22). The second-order valence-corrected chi connectivity index (χ2v) is 5.40. The Bertz CT molecular complexity index is 611. The van der Waals surface area contributed by atoms with Gasteiger partial charge in [0.15, 0.2) is 5.96 Å². The van der Waals surface area contributed by atoms with Gasteiger partial charge in [-0.1, -0.05) is 12.0 Å². The quantitative estimate of drug-likeness (QED) is 0.522. The monoisotopic (exact) mass is 338 g/mol. The summed E-state index contributed by atoms with van der Waals surface area (Å²) in [6.45, 7) is 5.61. The highest BCUT2D eigenvalue weighted by Gasteiger charge is 2.31. The van der Waals surface area contributed by atoms with E-state index in [1.165, 1.54) is 12.1 Å². The van der Waals surface area contributed by atoms with Gasteiger partial charge in [-0.3, -0.25) is 0 Å². The number of hydrogen-bond acceptors (Lipinski definition) is 2. The van der Waals surface area contributed by atoms with Crippen LogP contribution < -0.4 is 10.2 Å². The van der Waals surface area contributed by atoms with E-state index in [0.717, 1.165) is 18.6 Å². The zero-order valence-electron chi connectivity index (χ0n) is 13.6. The fourth-order valence-corrected chi connectivity index (χ4v) is 2.60. The Labute approximate surface area is 140 Å². The van der Waals surface area contributed by atoms with Crippen molar-refractivity contribution in [1.29, 1.82) is 0 Å². The van der Waals surface area contributed by atoms with Crippen molar-refractivity contribution in [2.24, 2.45) is 4.99 Å². The first kappa shape index (κ1) is 18.0. The fourth-order valence-electron chi connectivity index (χ4n) is 2.60. The molecule has 0 saturated carbocycles. The van der Waals surface area contributed by atoms with Crippen LogP contribution in [0.4, 0.5) is 18.9 Å². The number of nitrogens with one attached hydrogen (secondary N) is 1. The van der Waals surface area contributed by atoms with Crippen molar-refractivity contribution < 1.29 is 13.2 Å². The van der Waals surface area contributed by atoms with Crippen LogP contribution in [0.1, 0.15) is 12.5 Å². The number of anilines is 1. The zero-order chi connectivity index (χ0) is 17.6. The third-order valence-corrected chi connectivity index (χ3v) is 3.77. The highest BCUT2D eigenvalue weighted by atomic mass is 19.4. The van der Waals surface area contributed by atoms with E-state index in [2.05, 4.69) is 21.1 Å². The summed E-state index contributed by atoms with van der Waals surface area (Å²) in [4.78, 5) is 8.36. The van der Waals surface area contributed by atoms with Gasteiger partial charge < -0.3 is 15.1 Å². The van der Waals surface area contributed by atoms with Crippen LogP contribution >= 0.6 is 0 Å². The number of halogens is 3. The Morgan fingerprint density at radius 2 is 2.00 bits per heavy atom. The lowest BCUT2D eigenvalue weighted by Gasteiger charge is -2.37. The summed E-state index contributed by atoms with van der Waals surface area (Å²) in [6.07, 6.45) is 0.925. The molecule has 0 atom stereocenters. The molecule has 24 heavy (non-hydrogen) atoms. The van der Waals surface area contributed by atoms with E-state index in [4.69, 9.17) is 6.42 Å². The van der Waals surface area contributed by atoms with E-state index in [0.29, 0.717) is 38.4 Å². The number of aliphatic imine (C=N–C) groups is 1. The summed E-state index contributed by atoms with van der Waals surface area (Å²) in [7, 11) is 0. The predicted octanol–water partition coefficient (Wildman–Crippen LogP) is 2.43. The van der Waals surface area contributed by atoms with Gasteiger partial charge in [-0.15, -0.1) is 6.42 Å². The summed E-state index contributed by atoms with van der Waals surface area (Å²) in [6, 6.07) is 5.45. The maximum atomic E-state index is 12.8. The first-order chi connectivity index (χ1) is 11.5. The SMILES string of the molecule is C#CCN=C(NCC)N1CCN(c2cccc(C(F)(F)F)c2)CC1. The van der Waals surface area contributed by atoms with Crippen molar-refractivity contribution in [3.63, 3.8) is 0 Å². The van der Waals surface area contributed by atoms with Gasteiger partial charge in [-0.2, -0.15) is 13.2 Å². The first-order valence-corrected chi connectivity index (χ1v) is 7.84. The van der Waals surface area contributed by atoms with Crippen LogP contribution in [-0.2, 0) is 6.18 Å². The molecule has 0 spiro atoms. The number of benzene rings is 1. The van der Waals surface area contributed by atoms with Crippen molar-refractivity contribution in [1.82, 2.24) is 10.2 Å². The van der Waals surface area contributed by atoms with Crippen LogP contribution in [-0.4, -0.2) is 50.1 Å². The van der Waals surface area contributed by atoms with E-state index in [1.54, 1.807) is 6.07 Å². The summed E-state index contributed by atoms with van der Waals surface area (Å²) in [5.74, 6) is 3.23. The lowest BCUT2D eigenvalue weighted by molar-refractivity contribution is -0.137. The molecule has 0 aromatic heterocycles. The maximum absolute atomic E-state index is 12.8. The largest absolute Gasteiger partial charge is 0.416 e. The second kappa shape index (κ2) is 7.95. The average Bonchev–Trinajstić information content (AvgIpc) is 2.58. The van der Waals surface area contributed by atoms with Crippen LogP contribution in [0.25, 0.3) is 0 Å². The molecule has 1 N–H and O–H groups in total. The molecule has 1 aliphatic rings. The van der Waals surface area contributed by atoms with E-state index in [9.17, 15) is 13.2 Å². The van der Waals surface area contributed by atoms with Crippen molar-refractivity contribution in [2.75, 3.05) is 44.2 Å². The summed E-state index contributed by atoms with van der Waals surface area (Å²) < 4.78 is 38.5. The normalized spacial score (nSPS) is 16.0. The van der Waals surface area contributed by atoms with E-state index < -0.39 is 11.7 Å². The molecule has 1 fully saturated rings. The van der Waals surface area contributed by atoms with E-state index in [1.807, 2.05) is 11.8 Å². The summed E-state index contributed by atoms with van der Waals surface area (Å²) in [5.41, 5.74) is -0.0265. The molecule has 1 saturated heterocycles. The van der Waals surface area contributed by atoms with Gasteiger partial charge in [-0.05, 0) is 25.1 Å². The molecule has 4 nitrogen and oxygen atoms in total. The van der Waals surface area contributed by atoms with E-state index >= 15 is 0 Å². The molecular weight excluding hydrogens is 317 g/mol. The number of terminal acetylenes is 1. The summed E-state index contributed by atoms with van der Waals surface area (Å²) >= 11 is 0. The third-order valence-electron chi connectivity index (χ3n) is 3.77. The molecule has 1 heterocycles. The van der Waals surface area contributed by atoms with Crippen molar-refractivity contribution in [3.05, 3.63) is 29.8 Å². The Balaban J connectivity index is 2.03. The second-order valence-electron chi connectivity index (χ2n) is 5.40. The third kappa shape index (κ3) is 4.57. The highest BCUT2D eigenvalue weighted by Crippen LogP contribution is 2.31. The van der Waals surface area contributed by atoms with E-state index in [-0.39, 0.29) is 0 Å². The molecule has 0 amide bonds. The molecule has 7 heteroatoms. The van der Waals surface area contributed by atoms with Gasteiger partial charge in [-0.25, -0.2) is 4.99 Å². The average molecular weight is 338 g/mol. The molecule has 1 aromatic carbocycles. The van der Waals surface area contributed by atoms with Crippen LogP contribution in [0.15, 0.2) is 29.3 Å². The molecule has 0 radical (unpaired) electrons. The molecular formula is C17H21F3N4. The van der Waals surface area contributed by atoms with Crippen molar-refractivity contribution in [2.45, 2.75) is 13.1 Å². The number of piperazine rings is 1. The van der Waals surface area contributed by atoms with Gasteiger partial charge in [0.25, 0.3) is 0 Å². The van der Waals surface area contributed by atoms with Crippen LogP contribution in [0.5, 0.6) is 0 Å². The zero-order valence-corrected chi connectivity index (χ0v) is 13.6. The smallest absolute Gasteiger partial charge is 0.368 e. The summed E-state index contributed by atoms with van der Waals surface area (Å²) in [5, 5.41) is 3.18. The van der Waals surface area contributed by atoms with Gasteiger partial charge in [0, 0.05) is 38.4 Å². The molecule has 1 aromatic rings.